The Morgan fingerprint density at radius 2 is 2.00 bits per heavy atom. The molecule has 144 valence electrons. The van der Waals surface area contributed by atoms with Crippen LogP contribution >= 0.6 is 11.6 Å². The normalized spacial score (nSPS) is 12.2. The number of rotatable bonds is 2. The van der Waals surface area contributed by atoms with Gasteiger partial charge in [-0.15, -0.1) is 0 Å². The molecule has 3 heterocycles. The van der Waals surface area contributed by atoms with Crippen molar-refractivity contribution in [3.05, 3.63) is 74.5 Å². The van der Waals surface area contributed by atoms with Gasteiger partial charge in [-0.2, -0.15) is 0 Å². The Bertz CT molecular complexity index is 1410. The van der Waals surface area contributed by atoms with Gasteiger partial charge in [0.25, 0.3) is 5.56 Å². The lowest BCUT2D eigenvalue weighted by Gasteiger charge is -2.10. The van der Waals surface area contributed by atoms with Gasteiger partial charge in [-0.25, -0.2) is 9.78 Å². The number of aryl methyl sites for hydroxylation is 1. The molecule has 1 aliphatic heterocycles. The van der Waals surface area contributed by atoms with E-state index in [1.54, 1.807) is 22.8 Å². The second-order valence-corrected chi connectivity index (χ2v) is 7.55. The molecule has 0 bridgehead atoms. The Morgan fingerprint density at radius 3 is 2.76 bits per heavy atom. The molecule has 0 fully saturated rings. The van der Waals surface area contributed by atoms with Crippen molar-refractivity contribution in [2.45, 2.75) is 19.9 Å². The van der Waals surface area contributed by atoms with Gasteiger partial charge in [-0.05, 0) is 48.4 Å². The number of ether oxygens (including phenoxy) is 1. The zero-order valence-corrected chi connectivity index (χ0v) is 16.7. The number of pyridine rings is 2. The monoisotopic (exact) mass is 404 g/mol. The van der Waals surface area contributed by atoms with Crippen LogP contribution in [0.4, 0.5) is 0 Å². The van der Waals surface area contributed by atoms with Crippen LogP contribution in [0.2, 0.25) is 5.02 Å². The Balaban J connectivity index is 1.88. The molecule has 1 aliphatic rings. The minimum atomic E-state index is -0.464. The fourth-order valence-electron chi connectivity index (χ4n) is 4.30. The third kappa shape index (κ3) is 2.51. The molecule has 4 aromatic rings. The van der Waals surface area contributed by atoms with Crippen LogP contribution in [0.3, 0.4) is 0 Å². The highest BCUT2D eigenvalue weighted by molar-refractivity contribution is 6.31. The third-order valence-corrected chi connectivity index (χ3v) is 5.87. The molecule has 0 atom stereocenters. The maximum absolute atomic E-state index is 13.3. The standard InChI is InChI=1S/C23H17ClN2O3/c1-3-13-17-9-12(24)7-8-19(17)25-21-18(13)11-26-20(21)10-16-14(22(26)27)5-4-6-15(16)23(28)29-2/h4-10H,3,11H2,1-2H3. The maximum atomic E-state index is 13.3. The number of methoxy groups -OCH3 is 1. The highest BCUT2D eigenvalue weighted by atomic mass is 35.5. The Hall–Kier alpha value is -3.18. The fraction of sp³-hybridized carbons (Fsp3) is 0.174. The number of aromatic nitrogens is 2. The summed E-state index contributed by atoms with van der Waals surface area (Å²) in [5.74, 6) is -0.464. The molecule has 0 spiro atoms. The number of nitrogens with zero attached hydrogens (tertiary/aromatic N) is 2. The molecule has 6 heteroatoms. The number of benzene rings is 2. The summed E-state index contributed by atoms with van der Waals surface area (Å²) in [7, 11) is 1.34. The van der Waals surface area contributed by atoms with E-state index >= 15 is 0 Å². The van der Waals surface area contributed by atoms with Crippen LogP contribution < -0.4 is 5.56 Å². The number of fused-ring (bicyclic) bond motifs is 5. The molecule has 5 nitrogen and oxygen atoms in total. The summed E-state index contributed by atoms with van der Waals surface area (Å²) in [5.41, 5.74) is 4.78. The van der Waals surface area contributed by atoms with Crippen molar-refractivity contribution in [3.63, 3.8) is 0 Å². The van der Waals surface area contributed by atoms with Gasteiger partial charge in [0.1, 0.15) is 0 Å². The zero-order chi connectivity index (χ0) is 20.3. The number of carbonyl (C=O) groups excluding carboxylic acids is 1. The van der Waals surface area contributed by atoms with E-state index in [1.165, 1.54) is 7.11 Å². The molecule has 0 saturated carbocycles. The van der Waals surface area contributed by atoms with E-state index in [-0.39, 0.29) is 5.56 Å². The molecule has 0 amide bonds. The molecule has 0 radical (unpaired) electrons. The van der Waals surface area contributed by atoms with E-state index in [1.807, 2.05) is 24.3 Å². The van der Waals surface area contributed by atoms with Crippen LogP contribution in [-0.4, -0.2) is 22.6 Å². The van der Waals surface area contributed by atoms with Crippen molar-refractivity contribution in [2.24, 2.45) is 0 Å². The predicted octanol–water partition coefficient (Wildman–Crippen LogP) is 4.58. The lowest BCUT2D eigenvalue weighted by Crippen LogP contribution is -2.20. The fourth-order valence-corrected chi connectivity index (χ4v) is 4.47. The highest BCUT2D eigenvalue weighted by Gasteiger charge is 2.27. The van der Waals surface area contributed by atoms with E-state index in [0.29, 0.717) is 27.9 Å². The maximum Gasteiger partial charge on any atom is 0.338 e. The van der Waals surface area contributed by atoms with E-state index < -0.39 is 5.97 Å². The quantitative estimate of drug-likeness (QED) is 0.404. The second kappa shape index (κ2) is 6.42. The summed E-state index contributed by atoms with van der Waals surface area (Å²) < 4.78 is 6.64. The van der Waals surface area contributed by atoms with Crippen LogP contribution in [0.1, 0.15) is 28.4 Å². The van der Waals surface area contributed by atoms with Crippen molar-refractivity contribution < 1.29 is 9.53 Å². The molecule has 0 aliphatic carbocycles. The van der Waals surface area contributed by atoms with Gasteiger partial charge < -0.3 is 9.30 Å². The van der Waals surface area contributed by atoms with Gasteiger partial charge in [0.05, 0.1) is 36.1 Å². The van der Waals surface area contributed by atoms with Gasteiger partial charge in [0, 0.05) is 26.7 Å². The minimum absolute atomic E-state index is 0.134. The molecule has 0 saturated heterocycles. The van der Waals surface area contributed by atoms with Crippen LogP contribution in [-0.2, 0) is 17.7 Å². The number of hydrogen-bond donors (Lipinski definition) is 0. The number of carbonyl (C=O) groups is 1. The topological polar surface area (TPSA) is 61.2 Å². The van der Waals surface area contributed by atoms with E-state index in [4.69, 9.17) is 21.3 Å². The van der Waals surface area contributed by atoms with Crippen LogP contribution in [0.15, 0.2) is 47.3 Å². The first-order valence-corrected chi connectivity index (χ1v) is 9.77. The number of esters is 1. The third-order valence-electron chi connectivity index (χ3n) is 5.64. The second-order valence-electron chi connectivity index (χ2n) is 7.11. The minimum Gasteiger partial charge on any atom is -0.465 e. The molecular formula is C23H17ClN2O3. The predicted molar refractivity (Wildman–Crippen MR) is 114 cm³/mol. The van der Waals surface area contributed by atoms with Crippen molar-refractivity contribution in [2.75, 3.05) is 7.11 Å². The Morgan fingerprint density at radius 1 is 1.17 bits per heavy atom. The molecule has 29 heavy (non-hydrogen) atoms. The zero-order valence-electron chi connectivity index (χ0n) is 16.0. The molecule has 0 unspecified atom stereocenters. The first-order valence-electron chi connectivity index (χ1n) is 9.39. The molecule has 5 rings (SSSR count). The van der Waals surface area contributed by atoms with Gasteiger partial charge >= 0.3 is 5.97 Å². The van der Waals surface area contributed by atoms with E-state index in [2.05, 4.69) is 6.92 Å². The average molecular weight is 405 g/mol. The first kappa shape index (κ1) is 17.9. The van der Waals surface area contributed by atoms with Gasteiger partial charge in [0.15, 0.2) is 0 Å². The largest absolute Gasteiger partial charge is 0.465 e. The average Bonchev–Trinajstić information content (AvgIpc) is 3.10. The Labute approximate surface area is 171 Å². The van der Waals surface area contributed by atoms with Crippen LogP contribution in [0, 0.1) is 0 Å². The lowest BCUT2D eigenvalue weighted by molar-refractivity contribution is 0.0603. The van der Waals surface area contributed by atoms with Gasteiger partial charge in [-0.1, -0.05) is 24.6 Å². The summed E-state index contributed by atoms with van der Waals surface area (Å²) in [5, 5.41) is 2.75. The number of hydrogen-bond acceptors (Lipinski definition) is 4. The summed E-state index contributed by atoms with van der Waals surface area (Å²) >= 11 is 6.22. The SMILES string of the molecule is CCc1c2c(nc3ccc(Cl)cc13)-c1cc3c(C(=O)OC)cccc3c(=O)n1C2. The van der Waals surface area contributed by atoms with E-state index in [0.717, 1.165) is 39.8 Å². The summed E-state index contributed by atoms with van der Waals surface area (Å²) in [6.07, 6.45) is 0.803. The first-order chi connectivity index (χ1) is 14.0. The molecule has 0 N–H and O–H groups in total. The highest BCUT2D eigenvalue weighted by Crippen LogP contribution is 2.37. The van der Waals surface area contributed by atoms with Crippen molar-refractivity contribution >= 4 is 39.2 Å². The van der Waals surface area contributed by atoms with E-state index in [9.17, 15) is 9.59 Å². The number of halogens is 1. The van der Waals surface area contributed by atoms with Crippen molar-refractivity contribution in [1.82, 2.24) is 9.55 Å². The van der Waals surface area contributed by atoms with Crippen LogP contribution in [0.5, 0.6) is 0 Å². The molecule has 2 aromatic heterocycles. The summed E-state index contributed by atoms with van der Waals surface area (Å²) in [6, 6.07) is 12.7. The summed E-state index contributed by atoms with van der Waals surface area (Å²) in [6.45, 7) is 2.55. The van der Waals surface area contributed by atoms with Crippen LogP contribution in [0.25, 0.3) is 33.1 Å². The van der Waals surface area contributed by atoms with Gasteiger partial charge in [0.2, 0.25) is 0 Å². The summed E-state index contributed by atoms with van der Waals surface area (Å²) in [4.78, 5) is 30.3. The lowest BCUT2D eigenvalue weighted by atomic mass is 9.98. The van der Waals surface area contributed by atoms with Crippen molar-refractivity contribution in [3.8, 4) is 11.4 Å². The van der Waals surface area contributed by atoms with Gasteiger partial charge in [-0.3, -0.25) is 4.79 Å². The molecular weight excluding hydrogens is 388 g/mol. The smallest absolute Gasteiger partial charge is 0.338 e. The van der Waals surface area contributed by atoms with Crippen molar-refractivity contribution in [1.29, 1.82) is 0 Å². The molecule has 2 aromatic carbocycles. The Kier molecular flexibility index (Phi) is 3.96.